The zero-order valence-corrected chi connectivity index (χ0v) is 13.8. The summed E-state index contributed by atoms with van der Waals surface area (Å²) in [5.74, 6) is 0. The molecule has 0 radical (unpaired) electrons. The van der Waals surface area contributed by atoms with Crippen molar-refractivity contribution in [3.05, 3.63) is 48.6 Å². The summed E-state index contributed by atoms with van der Waals surface area (Å²) in [6, 6.07) is 8.69. The zero-order chi connectivity index (χ0) is 15.6. The van der Waals surface area contributed by atoms with E-state index in [1.165, 1.54) is 11.1 Å². The van der Waals surface area contributed by atoms with Gasteiger partial charge in [0.2, 0.25) is 0 Å². The van der Waals surface area contributed by atoms with Gasteiger partial charge >= 0.3 is 0 Å². The van der Waals surface area contributed by atoms with E-state index >= 15 is 0 Å². The van der Waals surface area contributed by atoms with Gasteiger partial charge in [-0.2, -0.15) is 0 Å². The van der Waals surface area contributed by atoms with E-state index in [0.29, 0.717) is 0 Å². The average molecular weight is 285 g/mol. The van der Waals surface area contributed by atoms with E-state index in [4.69, 9.17) is 4.74 Å². The van der Waals surface area contributed by atoms with Crippen LogP contribution in [0.1, 0.15) is 38.8 Å². The van der Waals surface area contributed by atoms with Crippen molar-refractivity contribution in [2.75, 3.05) is 19.8 Å². The van der Waals surface area contributed by atoms with E-state index < -0.39 is 0 Å². The molecule has 21 heavy (non-hydrogen) atoms. The Balaban J connectivity index is 2.29. The lowest BCUT2D eigenvalue weighted by Crippen LogP contribution is -2.56. The maximum absolute atomic E-state index is 5.63. The minimum atomic E-state index is 0.0405. The third-order valence-corrected chi connectivity index (χ3v) is 4.41. The fourth-order valence-corrected chi connectivity index (χ4v) is 3.14. The van der Waals surface area contributed by atoms with Crippen molar-refractivity contribution in [3.63, 3.8) is 0 Å². The Morgan fingerprint density at radius 3 is 2.43 bits per heavy atom. The van der Waals surface area contributed by atoms with Crippen LogP contribution in [-0.4, -0.2) is 36.2 Å². The van der Waals surface area contributed by atoms with E-state index in [1.54, 1.807) is 0 Å². The summed E-state index contributed by atoms with van der Waals surface area (Å²) in [6.07, 6.45) is 0. The largest absolute Gasteiger partial charge is 0.378 e. The van der Waals surface area contributed by atoms with Crippen molar-refractivity contribution in [3.8, 4) is 0 Å². The Kier molecular flexibility index (Phi) is 4.70. The number of rotatable bonds is 4. The molecule has 1 saturated heterocycles. The molecule has 0 saturated carbocycles. The van der Waals surface area contributed by atoms with Crippen molar-refractivity contribution in [1.82, 2.24) is 4.90 Å². The lowest BCUT2D eigenvalue weighted by molar-refractivity contribution is -0.0589. The van der Waals surface area contributed by atoms with Gasteiger partial charge in [-0.05, 0) is 44.4 Å². The molecule has 0 spiro atoms. The fraction of sp³-hybridized carbons (Fsp3) is 0.474. The normalized spacial score (nSPS) is 20.0. The molecule has 1 aliphatic rings. The Morgan fingerprint density at radius 2 is 1.86 bits per heavy atom. The summed E-state index contributed by atoms with van der Waals surface area (Å²) in [7, 11) is 0. The molecule has 0 aliphatic carbocycles. The van der Waals surface area contributed by atoms with Crippen LogP contribution in [0.25, 0.3) is 11.1 Å². The molecule has 1 aromatic carbocycles. The molecular formula is C19H27NO. The maximum Gasteiger partial charge on any atom is 0.0645 e. The van der Waals surface area contributed by atoms with Crippen LogP contribution in [0.5, 0.6) is 0 Å². The summed E-state index contributed by atoms with van der Waals surface area (Å²) in [5.41, 5.74) is 4.68. The molecule has 0 amide bonds. The second-order valence-corrected chi connectivity index (χ2v) is 6.59. The minimum absolute atomic E-state index is 0.0405. The number of allylic oxidation sites excluding steroid dienone is 1. The van der Waals surface area contributed by atoms with Crippen LogP contribution in [-0.2, 0) is 4.74 Å². The lowest BCUT2D eigenvalue weighted by atomic mass is 9.90. The van der Waals surface area contributed by atoms with Crippen LogP contribution >= 0.6 is 0 Å². The lowest BCUT2D eigenvalue weighted by Gasteiger charge is -2.46. The van der Waals surface area contributed by atoms with E-state index in [9.17, 15) is 0 Å². The third-order valence-electron chi connectivity index (χ3n) is 4.41. The van der Waals surface area contributed by atoms with Gasteiger partial charge in [0.15, 0.2) is 0 Å². The zero-order valence-electron chi connectivity index (χ0n) is 13.8. The van der Waals surface area contributed by atoms with Crippen molar-refractivity contribution in [2.45, 2.75) is 39.3 Å². The van der Waals surface area contributed by atoms with Crippen LogP contribution in [0.15, 0.2) is 37.4 Å². The van der Waals surface area contributed by atoms with Crippen molar-refractivity contribution >= 4 is 11.1 Å². The maximum atomic E-state index is 5.63. The van der Waals surface area contributed by atoms with Crippen molar-refractivity contribution in [1.29, 1.82) is 0 Å². The van der Waals surface area contributed by atoms with Crippen LogP contribution < -0.4 is 0 Å². The SMILES string of the molecule is C=C(C)c1ccccc1C(=C)C(C)N1CCOCC1(C)C. The molecule has 1 atom stereocenters. The van der Waals surface area contributed by atoms with E-state index in [-0.39, 0.29) is 11.6 Å². The van der Waals surface area contributed by atoms with Crippen LogP contribution in [0.2, 0.25) is 0 Å². The van der Waals surface area contributed by atoms with Gasteiger partial charge in [0.1, 0.15) is 0 Å². The molecule has 1 aliphatic heterocycles. The van der Waals surface area contributed by atoms with E-state index in [0.717, 1.165) is 30.9 Å². The first-order valence-electron chi connectivity index (χ1n) is 7.63. The molecule has 1 aromatic rings. The average Bonchev–Trinajstić information content (AvgIpc) is 2.45. The number of morpholine rings is 1. The van der Waals surface area contributed by atoms with Gasteiger partial charge < -0.3 is 4.74 Å². The van der Waals surface area contributed by atoms with Crippen molar-refractivity contribution < 1.29 is 4.74 Å². The molecule has 0 aromatic heterocycles. The van der Waals surface area contributed by atoms with Gasteiger partial charge in [0.25, 0.3) is 0 Å². The van der Waals surface area contributed by atoms with Gasteiger partial charge in [0.05, 0.1) is 13.2 Å². The monoisotopic (exact) mass is 285 g/mol. The molecule has 114 valence electrons. The van der Waals surface area contributed by atoms with E-state index in [2.05, 4.69) is 70.0 Å². The van der Waals surface area contributed by atoms with Crippen LogP contribution in [0.4, 0.5) is 0 Å². The number of hydrogen-bond donors (Lipinski definition) is 0. The van der Waals surface area contributed by atoms with Gasteiger partial charge in [-0.25, -0.2) is 0 Å². The highest BCUT2D eigenvalue weighted by Gasteiger charge is 2.35. The molecule has 1 unspecified atom stereocenters. The van der Waals surface area contributed by atoms with Gasteiger partial charge in [-0.1, -0.05) is 43.0 Å². The Morgan fingerprint density at radius 1 is 1.24 bits per heavy atom. The first-order chi connectivity index (χ1) is 9.84. The topological polar surface area (TPSA) is 12.5 Å². The molecule has 1 fully saturated rings. The second kappa shape index (κ2) is 6.17. The first-order valence-corrected chi connectivity index (χ1v) is 7.63. The summed E-state index contributed by atoms with van der Waals surface area (Å²) >= 11 is 0. The molecule has 1 heterocycles. The first kappa shape index (κ1) is 16.0. The Hall–Kier alpha value is -1.38. The van der Waals surface area contributed by atoms with Crippen LogP contribution in [0.3, 0.4) is 0 Å². The highest BCUT2D eigenvalue weighted by atomic mass is 16.5. The minimum Gasteiger partial charge on any atom is -0.378 e. The third kappa shape index (κ3) is 3.28. The highest BCUT2D eigenvalue weighted by Crippen LogP contribution is 2.31. The van der Waals surface area contributed by atoms with Gasteiger partial charge in [0, 0.05) is 18.1 Å². The number of benzene rings is 1. The number of hydrogen-bond acceptors (Lipinski definition) is 2. The van der Waals surface area contributed by atoms with Gasteiger partial charge in [-0.3, -0.25) is 4.90 Å². The molecule has 2 rings (SSSR count). The fourth-order valence-electron chi connectivity index (χ4n) is 3.14. The van der Waals surface area contributed by atoms with E-state index in [1.807, 2.05) is 0 Å². The molecule has 0 N–H and O–H groups in total. The van der Waals surface area contributed by atoms with Gasteiger partial charge in [-0.15, -0.1) is 0 Å². The summed E-state index contributed by atoms with van der Waals surface area (Å²) in [4.78, 5) is 2.49. The second-order valence-electron chi connectivity index (χ2n) is 6.59. The standard InChI is InChI=1S/C19H27NO/c1-14(2)17-9-7-8-10-18(17)15(3)16(4)20-11-12-21-13-19(20,5)6/h7-10,16H,1,3,11-13H2,2,4-6H3. The Labute approximate surface area is 129 Å². The molecule has 0 bridgehead atoms. The van der Waals surface area contributed by atoms with Crippen molar-refractivity contribution in [2.24, 2.45) is 0 Å². The summed E-state index contributed by atoms with van der Waals surface area (Å²) < 4.78 is 5.63. The van der Waals surface area contributed by atoms with Crippen LogP contribution in [0, 0.1) is 0 Å². The predicted octanol–water partition coefficient (Wildman–Crippen LogP) is 4.23. The number of ether oxygens (including phenoxy) is 1. The Bertz CT molecular complexity index is 544. The highest BCUT2D eigenvalue weighted by molar-refractivity contribution is 5.79. The number of nitrogens with zero attached hydrogens (tertiary/aromatic N) is 1. The quantitative estimate of drug-likeness (QED) is 0.820. The summed E-state index contributed by atoms with van der Waals surface area (Å²) in [6.45, 7) is 19.8. The molecule has 2 heteroatoms. The molecule has 2 nitrogen and oxygen atoms in total. The summed E-state index contributed by atoms with van der Waals surface area (Å²) in [5, 5.41) is 0. The smallest absolute Gasteiger partial charge is 0.0645 e. The molecular weight excluding hydrogens is 258 g/mol. The predicted molar refractivity (Wildman–Crippen MR) is 91.3 cm³/mol.